The Bertz CT molecular complexity index is 383. The van der Waals surface area contributed by atoms with Gasteiger partial charge < -0.3 is 21.1 Å². The number of aliphatic carboxylic acids is 1. The predicted octanol–water partition coefficient (Wildman–Crippen LogP) is -0.914. The number of rotatable bonds is 3. The van der Waals surface area contributed by atoms with Gasteiger partial charge in [-0.05, 0) is 5.92 Å². The zero-order valence-electron chi connectivity index (χ0n) is 9.43. The minimum absolute atomic E-state index is 0.255. The SMILES string of the molecule is CC(C)[C@@H](C(=O)O)N1C(=O)N[C@@H]2NC(=O)N[C@H]21. The molecule has 0 aromatic rings. The normalized spacial score (nSPS) is 28.5. The molecule has 8 heteroatoms. The second kappa shape index (κ2) is 3.79. The van der Waals surface area contributed by atoms with E-state index in [4.69, 9.17) is 5.11 Å². The molecule has 2 saturated heterocycles. The monoisotopic (exact) mass is 242 g/mol. The van der Waals surface area contributed by atoms with Gasteiger partial charge in [0.15, 0.2) is 0 Å². The minimum atomic E-state index is -1.09. The second-order valence-corrected chi connectivity index (χ2v) is 4.42. The zero-order chi connectivity index (χ0) is 12.7. The van der Waals surface area contributed by atoms with E-state index in [2.05, 4.69) is 16.0 Å². The second-order valence-electron chi connectivity index (χ2n) is 4.42. The molecule has 0 aromatic heterocycles. The van der Waals surface area contributed by atoms with E-state index in [9.17, 15) is 14.4 Å². The number of fused-ring (bicyclic) bond motifs is 1. The summed E-state index contributed by atoms with van der Waals surface area (Å²) in [6.07, 6.45) is -1.23. The smallest absolute Gasteiger partial charge is 0.326 e. The lowest BCUT2D eigenvalue weighted by Gasteiger charge is -2.30. The first-order chi connectivity index (χ1) is 7.91. The van der Waals surface area contributed by atoms with Gasteiger partial charge in [-0.2, -0.15) is 0 Å². The Morgan fingerprint density at radius 3 is 2.47 bits per heavy atom. The molecule has 2 aliphatic rings. The van der Waals surface area contributed by atoms with Gasteiger partial charge in [-0.1, -0.05) is 13.8 Å². The highest BCUT2D eigenvalue weighted by molar-refractivity contribution is 5.88. The van der Waals surface area contributed by atoms with Crippen molar-refractivity contribution in [3.63, 3.8) is 0 Å². The number of hydrogen-bond acceptors (Lipinski definition) is 3. The van der Waals surface area contributed by atoms with Crippen molar-refractivity contribution in [2.45, 2.75) is 32.2 Å². The van der Waals surface area contributed by atoms with Gasteiger partial charge in [0.05, 0.1) is 0 Å². The first kappa shape index (κ1) is 11.5. The molecule has 94 valence electrons. The molecular weight excluding hydrogens is 228 g/mol. The van der Waals surface area contributed by atoms with E-state index < -0.39 is 36.4 Å². The molecule has 0 saturated carbocycles. The Morgan fingerprint density at radius 2 is 1.94 bits per heavy atom. The Labute approximate surface area is 97.3 Å². The molecule has 0 unspecified atom stereocenters. The van der Waals surface area contributed by atoms with Gasteiger partial charge in [0, 0.05) is 0 Å². The largest absolute Gasteiger partial charge is 0.480 e. The van der Waals surface area contributed by atoms with E-state index in [0.717, 1.165) is 4.90 Å². The lowest BCUT2D eigenvalue weighted by molar-refractivity contribution is -0.144. The van der Waals surface area contributed by atoms with Gasteiger partial charge in [0.1, 0.15) is 18.4 Å². The molecule has 3 atom stereocenters. The van der Waals surface area contributed by atoms with Gasteiger partial charge >= 0.3 is 18.0 Å². The van der Waals surface area contributed by atoms with Crippen LogP contribution in [0.15, 0.2) is 0 Å². The average Bonchev–Trinajstić information content (AvgIpc) is 2.64. The Balaban J connectivity index is 2.26. The van der Waals surface area contributed by atoms with Gasteiger partial charge in [0.25, 0.3) is 0 Å². The van der Waals surface area contributed by atoms with Gasteiger partial charge in [-0.25, -0.2) is 14.4 Å². The number of urea groups is 2. The molecule has 2 aliphatic heterocycles. The first-order valence-electron chi connectivity index (χ1n) is 5.30. The van der Waals surface area contributed by atoms with E-state index in [1.807, 2.05) is 0 Å². The van der Waals surface area contributed by atoms with Crippen LogP contribution < -0.4 is 16.0 Å². The number of carboxylic acid groups (broad SMARTS) is 1. The predicted molar refractivity (Wildman–Crippen MR) is 55.9 cm³/mol. The quantitative estimate of drug-likeness (QED) is 0.513. The third-order valence-corrected chi connectivity index (χ3v) is 2.88. The molecule has 0 radical (unpaired) electrons. The third-order valence-electron chi connectivity index (χ3n) is 2.88. The number of carbonyl (C=O) groups is 3. The average molecular weight is 242 g/mol. The Morgan fingerprint density at radius 1 is 1.29 bits per heavy atom. The van der Waals surface area contributed by atoms with Crippen molar-refractivity contribution in [2.75, 3.05) is 0 Å². The summed E-state index contributed by atoms with van der Waals surface area (Å²) in [7, 11) is 0. The molecule has 4 amide bonds. The maximum atomic E-state index is 11.7. The molecule has 2 fully saturated rings. The molecular formula is C9H14N4O4. The number of nitrogens with one attached hydrogen (secondary N) is 3. The van der Waals surface area contributed by atoms with E-state index in [1.165, 1.54) is 0 Å². The molecule has 4 N–H and O–H groups in total. The molecule has 2 rings (SSSR count). The van der Waals surface area contributed by atoms with Crippen molar-refractivity contribution in [3.05, 3.63) is 0 Å². The van der Waals surface area contributed by atoms with Crippen molar-refractivity contribution in [1.82, 2.24) is 20.9 Å². The van der Waals surface area contributed by atoms with Gasteiger partial charge in [-0.3, -0.25) is 4.90 Å². The van der Waals surface area contributed by atoms with Gasteiger partial charge in [0.2, 0.25) is 0 Å². The van der Waals surface area contributed by atoms with Crippen molar-refractivity contribution in [3.8, 4) is 0 Å². The summed E-state index contributed by atoms with van der Waals surface area (Å²) in [5, 5.41) is 16.7. The lowest BCUT2D eigenvalue weighted by Crippen LogP contribution is -2.54. The number of carboxylic acids is 1. The van der Waals surface area contributed by atoms with Crippen LogP contribution in [0, 0.1) is 5.92 Å². The fourth-order valence-electron chi connectivity index (χ4n) is 2.18. The molecule has 8 nitrogen and oxygen atoms in total. The fraction of sp³-hybridized carbons (Fsp3) is 0.667. The summed E-state index contributed by atoms with van der Waals surface area (Å²) in [5.41, 5.74) is 0. The van der Waals surface area contributed by atoms with Crippen LogP contribution in [0.2, 0.25) is 0 Å². The Hall–Kier alpha value is -1.99. The molecule has 17 heavy (non-hydrogen) atoms. The van der Waals surface area contributed by atoms with Crippen LogP contribution in [-0.2, 0) is 4.79 Å². The summed E-state index contributed by atoms with van der Waals surface area (Å²) in [6, 6.07) is -1.88. The number of nitrogens with zero attached hydrogens (tertiary/aromatic N) is 1. The minimum Gasteiger partial charge on any atom is -0.480 e. The van der Waals surface area contributed by atoms with E-state index in [1.54, 1.807) is 13.8 Å². The number of carbonyl (C=O) groups excluding carboxylic acids is 2. The third kappa shape index (κ3) is 1.75. The van der Waals surface area contributed by atoms with Gasteiger partial charge in [-0.15, -0.1) is 0 Å². The van der Waals surface area contributed by atoms with Crippen LogP contribution in [0.25, 0.3) is 0 Å². The van der Waals surface area contributed by atoms with Crippen molar-refractivity contribution >= 4 is 18.0 Å². The topological polar surface area (TPSA) is 111 Å². The molecule has 0 aromatic carbocycles. The van der Waals surface area contributed by atoms with Crippen LogP contribution in [0.1, 0.15) is 13.8 Å². The molecule has 0 spiro atoms. The highest BCUT2D eigenvalue weighted by atomic mass is 16.4. The summed E-state index contributed by atoms with van der Waals surface area (Å²) in [5.74, 6) is -1.34. The highest BCUT2D eigenvalue weighted by Gasteiger charge is 2.50. The summed E-state index contributed by atoms with van der Waals surface area (Å²) >= 11 is 0. The summed E-state index contributed by atoms with van der Waals surface area (Å²) in [4.78, 5) is 35.2. The molecule has 2 heterocycles. The van der Waals surface area contributed by atoms with Crippen LogP contribution in [-0.4, -0.2) is 46.4 Å². The van der Waals surface area contributed by atoms with E-state index in [0.29, 0.717) is 0 Å². The number of hydrogen-bond donors (Lipinski definition) is 4. The van der Waals surface area contributed by atoms with Crippen molar-refractivity contribution < 1.29 is 19.5 Å². The first-order valence-corrected chi connectivity index (χ1v) is 5.30. The lowest BCUT2D eigenvalue weighted by atomic mass is 10.0. The number of amides is 4. The summed E-state index contributed by atoms with van der Waals surface area (Å²) in [6.45, 7) is 3.42. The maximum Gasteiger partial charge on any atom is 0.326 e. The van der Waals surface area contributed by atoms with Crippen LogP contribution in [0.3, 0.4) is 0 Å². The zero-order valence-corrected chi connectivity index (χ0v) is 9.43. The Kier molecular flexibility index (Phi) is 2.56. The van der Waals surface area contributed by atoms with Crippen molar-refractivity contribution in [1.29, 1.82) is 0 Å². The summed E-state index contributed by atoms with van der Waals surface area (Å²) < 4.78 is 0. The highest BCUT2D eigenvalue weighted by Crippen LogP contribution is 2.21. The standard InChI is InChI=1S/C9H14N4O4/c1-3(2)4(7(14)15)13-6-5(11-9(13)17)10-8(16)12-6/h3-6H,1-2H3,(H,11,17)(H,14,15)(H2,10,12,16)/t4-,5-,6-/m0/s1. The maximum absolute atomic E-state index is 11.7. The van der Waals surface area contributed by atoms with E-state index in [-0.39, 0.29) is 5.92 Å². The van der Waals surface area contributed by atoms with Crippen LogP contribution in [0.4, 0.5) is 9.59 Å². The van der Waals surface area contributed by atoms with Crippen molar-refractivity contribution in [2.24, 2.45) is 5.92 Å². The van der Waals surface area contributed by atoms with E-state index >= 15 is 0 Å². The molecule has 0 bridgehead atoms. The molecule has 0 aliphatic carbocycles. The van der Waals surface area contributed by atoms with Crippen LogP contribution in [0.5, 0.6) is 0 Å². The van der Waals surface area contributed by atoms with Crippen LogP contribution >= 0.6 is 0 Å². The fourth-order valence-corrected chi connectivity index (χ4v) is 2.18.